The minimum absolute atomic E-state index is 0.0463. The van der Waals surface area contributed by atoms with Crippen LogP contribution in [-0.4, -0.2) is 36.3 Å². The SMILES string of the molecule is CCC1OC(=O)C(Oc2nc(OC)c(Br)c(OC)n2)=C1C. The molecule has 0 aliphatic carbocycles. The van der Waals surface area contributed by atoms with Crippen molar-refractivity contribution in [1.82, 2.24) is 9.97 Å². The first-order chi connectivity index (χ1) is 10.0. The molecule has 2 heterocycles. The van der Waals surface area contributed by atoms with Gasteiger partial charge in [-0.2, -0.15) is 9.97 Å². The van der Waals surface area contributed by atoms with Gasteiger partial charge in [-0.15, -0.1) is 0 Å². The van der Waals surface area contributed by atoms with E-state index in [4.69, 9.17) is 18.9 Å². The Labute approximate surface area is 130 Å². The molecule has 0 fully saturated rings. The normalized spacial score (nSPS) is 17.8. The summed E-state index contributed by atoms with van der Waals surface area (Å²) in [6, 6.07) is -0.0463. The monoisotopic (exact) mass is 358 g/mol. The van der Waals surface area contributed by atoms with E-state index in [0.29, 0.717) is 16.5 Å². The summed E-state index contributed by atoms with van der Waals surface area (Å²) in [6.45, 7) is 3.70. The molecule has 0 spiro atoms. The van der Waals surface area contributed by atoms with Gasteiger partial charge in [-0.05, 0) is 29.3 Å². The van der Waals surface area contributed by atoms with Crippen LogP contribution in [0.2, 0.25) is 0 Å². The van der Waals surface area contributed by atoms with Gasteiger partial charge < -0.3 is 18.9 Å². The molecule has 1 aromatic rings. The highest BCUT2D eigenvalue weighted by Gasteiger charge is 2.33. The number of hydrogen-bond acceptors (Lipinski definition) is 7. The highest BCUT2D eigenvalue weighted by atomic mass is 79.9. The third-order valence-corrected chi connectivity index (χ3v) is 3.67. The van der Waals surface area contributed by atoms with E-state index in [2.05, 4.69) is 25.9 Å². The molecule has 1 unspecified atom stereocenters. The van der Waals surface area contributed by atoms with Gasteiger partial charge >= 0.3 is 12.0 Å². The van der Waals surface area contributed by atoms with Crippen molar-refractivity contribution < 1.29 is 23.7 Å². The molecule has 7 nitrogen and oxygen atoms in total. The lowest BCUT2D eigenvalue weighted by molar-refractivity contribution is -0.141. The first-order valence-electron chi connectivity index (χ1n) is 6.26. The summed E-state index contributed by atoms with van der Waals surface area (Å²) in [5, 5.41) is 0. The maximum atomic E-state index is 11.8. The van der Waals surface area contributed by atoms with Crippen LogP contribution in [0.15, 0.2) is 15.8 Å². The zero-order valence-electron chi connectivity index (χ0n) is 12.1. The predicted octanol–water partition coefficient (Wildman–Crippen LogP) is 2.24. The van der Waals surface area contributed by atoms with E-state index in [1.807, 2.05) is 6.92 Å². The van der Waals surface area contributed by atoms with Gasteiger partial charge in [-0.1, -0.05) is 6.92 Å². The van der Waals surface area contributed by atoms with E-state index in [0.717, 1.165) is 0 Å². The molecule has 1 aliphatic rings. The Morgan fingerprint density at radius 3 is 2.24 bits per heavy atom. The lowest BCUT2D eigenvalue weighted by atomic mass is 10.1. The average Bonchev–Trinajstić information content (AvgIpc) is 2.76. The van der Waals surface area contributed by atoms with Crippen LogP contribution in [0.1, 0.15) is 20.3 Å². The number of methoxy groups -OCH3 is 2. The number of carbonyl (C=O) groups excluding carboxylic acids is 1. The smallest absolute Gasteiger partial charge is 0.375 e. The van der Waals surface area contributed by atoms with Crippen LogP contribution in [0.5, 0.6) is 17.8 Å². The molecule has 8 heteroatoms. The molecule has 0 radical (unpaired) electrons. The minimum Gasteiger partial charge on any atom is -0.480 e. The molecule has 0 N–H and O–H groups in total. The van der Waals surface area contributed by atoms with Crippen LogP contribution in [0, 0.1) is 0 Å². The topological polar surface area (TPSA) is 79.8 Å². The van der Waals surface area contributed by atoms with E-state index in [1.165, 1.54) is 14.2 Å². The van der Waals surface area contributed by atoms with E-state index < -0.39 is 5.97 Å². The lowest BCUT2D eigenvalue weighted by Gasteiger charge is -2.09. The fourth-order valence-corrected chi connectivity index (χ4v) is 2.39. The van der Waals surface area contributed by atoms with Gasteiger partial charge in [0, 0.05) is 5.57 Å². The highest BCUT2D eigenvalue weighted by molar-refractivity contribution is 9.10. The molecule has 0 bridgehead atoms. The van der Waals surface area contributed by atoms with Gasteiger partial charge in [-0.25, -0.2) is 4.79 Å². The summed E-state index contributed by atoms with van der Waals surface area (Å²) in [5.74, 6) is 0.0686. The van der Waals surface area contributed by atoms with E-state index in [9.17, 15) is 4.79 Å². The third-order valence-electron chi connectivity index (χ3n) is 3.00. The highest BCUT2D eigenvalue weighted by Crippen LogP contribution is 2.34. The summed E-state index contributed by atoms with van der Waals surface area (Å²) in [4.78, 5) is 19.9. The van der Waals surface area contributed by atoms with Crippen LogP contribution in [-0.2, 0) is 9.53 Å². The quantitative estimate of drug-likeness (QED) is 0.746. The molecule has 1 aromatic heterocycles. The van der Waals surface area contributed by atoms with Crippen molar-refractivity contribution in [3.63, 3.8) is 0 Å². The van der Waals surface area contributed by atoms with Crippen LogP contribution in [0.25, 0.3) is 0 Å². The van der Waals surface area contributed by atoms with Gasteiger partial charge in [0.25, 0.3) is 0 Å². The fourth-order valence-electron chi connectivity index (χ4n) is 1.89. The van der Waals surface area contributed by atoms with Crippen LogP contribution < -0.4 is 14.2 Å². The Hall–Kier alpha value is -1.83. The zero-order valence-corrected chi connectivity index (χ0v) is 13.7. The summed E-state index contributed by atoms with van der Waals surface area (Å²) >= 11 is 3.26. The van der Waals surface area contributed by atoms with Crippen molar-refractivity contribution in [1.29, 1.82) is 0 Å². The minimum atomic E-state index is -0.524. The van der Waals surface area contributed by atoms with Crippen LogP contribution in [0.3, 0.4) is 0 Å². The Morgan fingerprint density at radius 1 is 1.24 bits per heavy atom. The van der Waals surface area contributed by atoms with Gasteiger partial charge in [0.05, 0.1) is 14.2 Å². The largest absolute Gasteiger partial charge is 0.480 e. The number of halogens is 1. The molecule has 2 rings (SSSR count). The Kier molecular flexibility index (Phi) is 4.66. The number of esters is 1. The number of carbonyl (C=O) groups is 1. The molecule has 0 amide bonds. The maximum absolute atomic E-state index is 11.8. The maximum Gasteiger partial charge on any atom is 0.375 e. The predicted molar refractivity (Wildman–Crippen MR) is 76.3 cm³/mol. The van der Waals surface area contributed by atoms with Crippen LogP contribution in [0.4, 0.5) is 0 Å². The molecule has 0 saturated carbocycles. The number of ether oxygens (including phenoxy) is 4. The second kappa shape index (κ2) is 6.30. The number of hydrogen-bond donors (Lipinski definition) is 0. The van der Waals surface area contributed by atoms with Crippen molar-refractivity contribution >= 4 is 21.9 Å². The second-order valence-corrected chi connectivity index (χ2v) is 5.05. The summed E-state index contributed by atoms with van der Waals surface area (Å²) in [5.41, 5.74) is 0.715. The molecule has 1 aliphatic heterocycles. The molecule has 114 valence electrons. The van der Waals surface area contributed by atoms with E-state index in [-0.39, 0.29) is 29.6 Å². The van der Waals surface area contributed by atoms with Gasteiger partial charge in [-0.3, -0.25) is 0 Å². The Morgan fingerprint density at radius 2 is 1.81 bits per heavy atom. The number of cyclic esters (lactones) is 1. The summed E-state index contributed by atoms with van der Waals surface area (Å²) in [6.07, 6.45) is 0.407. The fraction of sp³-hybridized carbons (Fsp3) is 0.462. The zero-order chi connectivity index (χ0) is 15.6. The molecule has 0 aromatic carbocycles. The first kappa shape index (κ1) is 15.6. The Bertz CT molecular complexity index is 577. The van der Waals surface area contributed by atoms with E-state index >= 15 is 0 Å². The first-order valence-corrected chi connectivity index (χ1v) is 7.06. The van der Waals surface area contributed by atoms with Crippen LogP contribution >= 0.6 is 15.9 Å². The van der Waals surface area contributed by atoms with Gasteiger partial charge in [0.15, 0.2) is 0 Å². The third kappa shape index (κ3) is 2.94. The number of rotatable bonds is 5. The number of aromatic nitrogens is 2. The van der Waals surface area contributed by atoms with Crippen molar-refractivity contribution in [2.45, 2.75) is 26.4 Å². The van der Waals surface area contributed by atoms with Crippen molar-refractivity contribution in [3.05, 3.63) is 15.8 Å². The molecule has 1 atom stereocenters. The van der Waals surface area contributed by atoms with Crippen molar-refractivity contribution in [2.24, 2.45) is 0 Å². The van der Waals surface area contributed by atoms with Gasteiger partial charge in [0.1, 0.15) is 10.6 Å². The van der Waals surface area contributed by atoms with Crippen molar-refractivity contribution in [2.75, 3.05) is 14.2 Å². The average molecular weight is 359 g/mol. The molecular weight excluding hydrogens is 344 g/mol. The standard InChI is InChI=1S/C13H15BrN2O5/c1-5-7-6(2)9(12(17)20-7)21-13-15-10(18-3)8(14)11(16-13)19-4/h7H,5H2,1-4H3. The molecular formula is C13H15BrN2O5. The second-order valence-electron chi connectivity index (χ2n) is 4.26. The lowest BCUT2D eigenvalue weighted by Crippen LogP contribution is -2.10. The van der Waals surface area contributed by atoms with Crippen molar-refractivity contribution in [3.8, 4) is 17.8 Å². The number of nitrogens with zero attached hydrogens (tertiary/aromatic N) is 2. The van der Waals surface area contributed by atoms with Gasteiger partial charge in [0.2, 0.25) is 17.5 Å². The molecule has 21 heavy (non-hydrogen) atoms. The Balaban J connectivity index is 2.36. The summed E-state index contributed by atoms with van der Waals surface area (Å²) < 4.78 is 21.3. The summed E-state index contributed by atoms with van der Waals surface area (Å²) in [7, 11) is 2.91. The molecule has 0 saturated heterocycles. The van der Waals surface area contributed by atoms with E-state index in [1.54, 1.807) is 6.92 Å².